The molecule has 0 unspecified atom stereocenters. The summed E-state index contributed by atoms with van der Waals surface area (Å²) in [4.78, 5) is 2.45. The van der Waals surface area contributed by atoms with Crippen LogP contribution < -0.4 is 4.90 Å². The Kier molecular flexibility index (Phi) is 5.86. The smallest absolute Gasteiger partial charge is 0.0714 e. The predicted octanol–water partition coefficient (Wildman–Crippen LogP) is 12.4. The minimum Gasteiger partial charge on any atom is -0.310 e. The third-order valence-electron chi connectivity index (χ3n) is 10.5. The van der Waals surface area contributed by atoms with Gasteiger partial charge in [-0.15, -0.1) is 0 Å². The van der Waals surface area contributed by atoms with E-state index in [9.17, 15) is 0 Å². The van der Waals surface area contributed by atoms with Crippen molar-refractivity contribution in [3.63, 3.8) is 0 Å². The summed E-state index contributed by atoms with van der Waals surface area (Å²) in [6.07, 6.45) is 0. The molecule has 1 heteroatoms. The van der Waals surface area contributed by atoms with Crippen LogP contribution in [0.2, 0.25) is 0 Å². The van der Waals surface area contributed by atoms with E-state index in [1.165, 1.54) is 71.4 Å². The van der Waals surface area contributed by atoms with Crippen molar-refractivity contribution in [1.29, 1.82) is 0 Å². The maximum atomic E-state index is 2.45. The number of anilines is 3. The van der Waals surface area contributed by atoms with Gasteiger partial charge in [0.05, 0.1) is 11.1 Å². The molecule has 0 N–H and O–H groups in total. The first kappa shape index (κ1) is 27.0. The Hall–Kier alpha value is -6.18. The maximum absolute atomic E-state index is 2.45. The molecule has 1 aliphatic rings. The fraction of sp³-hybridized carbons (Fsp3) is 0.0213. The molecule has 48 heavy (non-hydrogen) atoms. The van der Waals surface area contributed by atoms with Crippen molar-refractivity contribution in [3.8, 4) is 11.1 Å². The molecule has 0 bridgehead atoms. The third-order valence-corrected chi connectivity index (χ3v) is 10.5. The Morgan fingerprint density at radius 1 is 0.354 bits per heavy atom. The van der Waals surface area contributed by atoms with Crippen LogP contribution in [-0.4, -0.2) is 0 Å². The monoisotopic (exact) mass is 609 g/mol. The summed E-state index contributed by atoms with van der Waals surface area (Å²) in [6, 6.07) is 69.3. The van der Waals surface area contributed by atoms with Crippen molar-refractivity contribution in [3.05, 3.63) is 210 Å². The SMILES string of the molecule is c1ccc(N(c2cccc(C3(c4ccccc4)c4ccccc4-c4ccccc43)c2)c2ccc3ccc4cccc5ccc2c3c45)cc1. The molecule has 9 aromatic rings. The van der Waals surface area contributed by atoms with Gasteiger partial charge in [0.2, 0.25) is 0 Å². The van der Waals surface area contributed by atoms with E-state index in [2.05, 4.69) is 193 Å². The van der Waals surface area contributed by atoms with Gasteiger partial charge in [-0.3, -0.25) is 0 Å². The van der Waals surface area contributed by atoms with Crippen molar-refractivity contribution in [2.75, 3.05) is 4.90 Å². The minimum atomic E-state index is -0.463. The fourth-order valence-electron chi connectivity index (χ4n) is 8.51. The van der Waals surface area contributed by atoms with Gasteiger partial charge < -0.3 is 4.90 Å². The highest BCUT2D eigenvalue weighted by Gasteiger charge is 2.46. The largest absolute Gasteiger partial charge is 0.310 e. The first-order valence-corrected chi connectivity index (χ1v) is 16.7. The fourth-order valence-corrected chi connectivity index (χ4v) is 8.51. The van der Waals surface area contributed by atoms with Gasteiger partial charge in [-0.25, -0.2) is 0 Å². The Morgan fingerprint density at radius 3 is 1.58 bits per heavy atom. The number of hydrogen-bond donors (Lipinski definition) is 0. The van der Waals surface area contributed by atoms with E-state index in [0.717, 1.165) is 11.4 Å². The van der Waals surface area contributed by atoms with Gasteiger partial charge in [0.25, 0.3) is 0 Å². The molecule has 0 radical (unpaired) electrons. The molecule has 0 saturated heterocycles. The number of fused-ring (bicyclic) bond motifs is 3. The van der Waals surface area contributed by atoms with Crippen LogP contribution >= 0.6 is 0 Å². The van der Waals surface area contributed by atoms with E-state index in [1.54, 1.807) is 0 Å². The topological polar surface area (TPSA) is 3.24 Å². The predicted molar refractivity (Wildman–Crippen MR) is 202 cm³/mol. The highest BCUT2D eigenvalue weighted by Crippen LogP contribution is 2.56. The number of para-hydroxylation sites is 1. The standard InChI is InChI=1S/C47H31N/c1-3-15-35(16-4-1)47(42-23-9-7-21-39(42)40-22-8-10-24-43(40)47)36-17-12-20-38(31-36)48(37-18-5-2-6-19-37)44-30-28-34-26-25-32-13-11-14-33-27-29-41(44)46(34)45(32)33/h1-31H. The van der Waals surface area contributed by atoms with Crippen molar-refractivity contribution in [1.82, 2.24) is 0 Å². The van der Waals surface area contributed by atoms with E-state index in [1.807, 2.05) is 0 Å². The molecule has 0 amide bonds. The first-order chi connectivity index (χ1) is 23.8. The van der Waals surface area contributed by atoms with E-state index in [-0.39, 0.29) is 0 Å². The van der Waals surface area contributed by atoms with Crippen LogP contribution in [0.15, 0.2) is 188 Å². The molecule has 0 aromatic heterocycles. The molecule has 1 nitrogen and oxygen atoms in total. The van der Waals surface area contributed by atoms with Gasteiger partial charge in [-0.2, -0.15) is 0 Å². The van der Waals surface area contributed by atoms with Gasteiger partial charge in [-0.05, 0) is 90.6 Å². The number of hydrogen-bond acceptors (Lipinski definition) is 1. The normalized spacial score (nSPS) is 13.2. The average Bonchev–Trinajstić information content (AvgIpc) is 3.47. The lowest BCUT2D eigenvalue weighted by atomic mass is 9.67. The molecule has 0 fully saturated rings. The van der Waals surface area contributed by atoms with E-state index in [0.29, 0.717) is 0 Å². The third kappa shape index (κ3) is 3.73. The summed E-state index contributed by atoms with van der Waals surface area (Å²) in [5.74, 6) is 0. The van der Waals surface area contributed by atoms with Crippen LogP contribution in [0.3, 0.4) is 0 Å². The van der Waals surface area contributed by atoms with Crippen LogP contribution in [0.25, 0.3) is 43.4 Å². The van der Waals surface area contributed by atoms with Gasteiger partial charge in [0, 0.05) is 16.8 Å². The molecule has 0 atom stereocenters. The summed E-state index contributed by atoms with van der Waals surface area (Å²) >= 11 is 0. The van der Waals surface area contributed by atoms with Crippen LogP contribution in [0.4, 0.5) is 17.1 Å². The lowest BCUT2D eigenvalue weighted by molar-refractivity contribution is 0.768. The van der Waals surface area contributed by atoms with Crippen LogP contribution in [0, 0.1) is 0 Å². The molecule has 1 aliphatic carbocycles. The first-order valence-electron chi connectivity index (χ1n) is 16.7. The number of benzene rings is 9. The van der Waals surface area contributed by atoms with Crippen molar-refractivity contribution < 1.29 is 0 Å². The van der Waals surface area contributed by atoms with Gasteiger partial charge in [0.1, 0.15) is 0 Å². The zero-order chi connectivity index (χ0) is 31.7. The number of rotatable bonds is 5. The average molecular weight is 610 g/mol. The van der Waals surface area contributed by atoms with E-state index >= 15 is 0 Å². The lowest BCUT2D eigenvalue weighted by Gasteiger charge is -2.35. The van der Waals surface area contributed by atoms with Crippen LogP contribution in [0.1, 0.15) is 22.3 Å². The quantitative estimate of drug-likeness (QED) is 0.176. The summed E-state index contributed by atoms with van der Waals surface area (Å²) < 4.78 is 0. The molecule has 0 aliphatic heterocycles. The Morgan fingerprint density at radius 2 is 0.875 bits per heavy atom. The van der Waals surface area contributed by atoms with Crippen molar-refractivity contribution in [2.24, 2.45) is 0 Å². The number of nitrogens with zero attached hydrogens (tertiary/aromatic N) is 1. The molecule has 9 aromatic carbocycles. The summed E-state index contributed by atoms with van der Waals surface area (Å²) in [5, 5.41) is 7.72. The van der Waals surface area contributed by atoms with Gasteiger partial charge >= 0.3 is 0 Å². The second-order valence-corrected chi connectivity index (χ2v) is 12.9. The Balaban J connectivity index is 1.27. The Labute approximate surface area is 280 Å². The zero-order valence-corrected chi connectivity index (χ0v) is 26.3. The highest BCUT2D eigenvalue weighted by atomic mass is 15.1. The Bertz CT molecular complexity index is 2560. The summed E-state index contributed by atoms with van der Waals surface area (Å²) in [7, 11) is 0. The molecule has 10 rings (SSSR count). The molecule has 0 spiro atoms. The minimum absolute atomic E-state index is 0.463. The molecule has 224 valence electrons. The van der Waals surface area contributed by atoms with Crippen LogP contribution in [-0.2, 0) is 5.41 Å². The molecular formula is C47H31N. The molecular weight excluding hydrogens is 579 g/mol. The molecule has 0 heterocycles. The summed E-state index contributed by atoms with van der Waals surface area (Å²) in [6.45, 7) is 0. The maximum Gasteiger partial charge on any atom is 0.0714 e. The van der Waals surface area contributed by atoms with Crippen molar-refractivity contribution in [2.45, 2.75) is 5.41 Å². The second-order valence-electron chi connectivity index (χ2n) is 12.9. The van der Waals surface area contributed by atoms with E-state index in [4.69, 9.17) is 0 Å². The van der Waals surface area contributed by atoms with Gasteiger partial charge in [-0.1, -0.05) is 158 Å². The lowest BCUT2D eigenvalue weighted by Crippen LogP contribution is -2.28. The second kappa shape index (κ2) is 10.4. The highest BCUT2D eigenvalue weighted by molar-refractivity contribution is 6.25. The van der Waals surface area contributed by atoms with Crippen molar-refractivity contribution >= 4 is 49.4 Å². The zero-order valence-electron chi connectivity index (χ0n) is 26.3. The van der Waals surface area contributed by atoms with E-state index < -0.39 is 5.41 Å². The van der Waals surface area contributed by atoms with Gasteiger partial charge in [0.15, 0.2) is 0 Å². The summed E-state index contributed by atoms with van der Waals surface area (Å²) in [5.41, 5.74) is 10.7. The molecule has 0 saturated carbocycles. The van der Waals surface area contributed by atoms with Crippen LogP contribution in [0.5, 0.6) is 0 Å².